The van der Waals surface area contributed by atoms with Crippen LogP contribution < -0.4 is 0 Å². The third-order valence-electron chi connectivity index (χ3n) is 2.30. The van der Waals surface area contributed by atoms with Crippen molar-refractivity contribution in [3.05, 3.63) is 54.0 Å². The largest absolute Gasteiger partial charge is 0.467 e. The standard InChI is InChI=1S/C13H14O2S/c1-10-4-6-11(7-5-10)16-9-12(14)13-3-2-8-15-13/h2-8,12,14H,9H2,1H3. The van der Waals surface area contributed by atoms with Crippen molar-refractivity contribution < 1.29 is 9.52 Å². The van der Waals surface area contributed by atoms with Gasteiger partial charge in [0.05, 0.1) is 6.26 Å². The first kappa shape index (κ1) is 11.3. The second-order valence-electron chi connectivity index (χ2n) is 3.66. The maximum absolute atomic E-state index is 9.81. The number of rotatable bonds is 4. The van der Waals surface area contributed by atoms with Crippen LogP contribution in [0.3, 0.4) is 0 Å². The van der Waals surface area contributed by atoms with Gasteiger partial charge < -0.3 is 9.52 Å². The molecule has 0 aliphatic heterocycles. The Bertz CT molecular complexity index is 420. The van der Waals surface area contributed by atoms with Crippen molar-refractivity contribution in [3.8, 4) is 0 Å². The van der Waals surface area contributed by atoms with Gasteiger partial charge in [-0.25, -0.2) is 0 Å². The van der Waals surface area contributed by atoms with Crippen LogP contribution in [0.5, 0.6) is 0 Å². The third-order valence-corrected chi connectivity index (χ3v) is 3.39. The van der Waals surface area contributed by atoms with Crippen LogP contribution >= 0.6 is 11.8 Å². The summed E-state index contributed by atoms with van der Waals surface area (Å²) in [5, 5.41) is 9.81. The van der Waals surface area contributed by atoms with Crippen LogP contribution in [0, 0.1) is 6.92 Å². The predicted octanol–water partition coefficient (Wildman–Crippen LogP) is 3.41. The molecular weight excluding hydrogens is 220 g/mol. The second kappa shape index (κ2) is 5.23. The van der Waals surface area contributed by atoms with Gasteiger partial charge in [0.15, 0.2) is 0 Å². The van der Waals surface area contributed by atoms with Crippen molar-refractivity contribution >= 4 is 11.8 Å². The molecule has 2 aromatic rings. The molecule has 1 aromatic heterocycles. The number of aryl methyl sites for hydroxylation is 1. The molecule has 1 aromatic carbocycles. The zero-order valence-corrected chi connectivity index (χ0v) is 9.91. The average Bonchev–Trinajstić information content (AvgIpc) is 2.81. The number of benzene rings is 1. The lowest BCUT2D eigenvalue weighted by atomic mass is 10.2. The van der Waals surface area contributed by atoms with Gasteiger partial charge >= 0.3 is 0 Å². The molecule has 1 atom stereocenters. The number of aliphatic hydroxyl groups is 1. The van der Waals surface area contributed by atoms with Gasteiger partial charge in [-0.2, -0.15) is 0 Å². The predicted molar refractivity (Wildman–Crippen MR) is 65.6 cm³/mol. The average molecular weight is 234 g/mol. The van der Waals surface area contributed by atoms with E-state index in [-0.39, 0.29) is 0 Å². The van der Waals surface area contributed by atoms with E-state index in [0.29, 0.717) is 11.5 Å². The Morgan fingerprint density at radius 1 is 1.25 bits per heavy atom. The van der Waals surface area contributed by atoms with Crippen LogP contribution in [0.25, 0.3) is 0 Å². The van der Waals surface area contributed by atoms with Crippen LogP contribution in [-0.2, 0) is 0 Å². The summed E-state index contributed by atoms with van der Waals surface area (Å²) in [5.74, 6) is 1.23. The Kier molecular flexibility index (Phi) is 3.70. The highest BCUT2D eigenvalue weighted by Gasteiger charge is 2.10. The fourth-order valence-corrected chi connectivity index (χ4v) is 2.22. The van der Waals surface area contributed by atoms with Crippen LogP contribution in [-0.4, -0.2) is 10.9 Å². The van der Waals surface area contributed by atoms with E-state index in [1.54, 1.807) is 30.2 Å². The van der Waals surface area contributed by atoms with Gasteiger partial charge in [0, 0.05) is 10.6 Å². The molecule has 0 amide bonds. The summed E-state index contributed by atoms with van der Waals surface area (Å²) in [4.78, 5) is 1.16. The molecule has 0 bridgehead atoms. The van der Waals surface area contributed by atoms with Gasteiger partial charge in [-0.3, -0.25) is 0 Å². The summed E-state index contributed by atoms with van der Waals surface area (Å²) < 4.78 is 5.14. The first-order valence-electron chi connectivity index (χ1n) is 5.16. The molecule has 1 heterocycles. The molecule has 1 N–H and O–H groups in total. The number of aliphatic hydroxyl groups excluding tert-OH is 1. The Labute approximate surface area is 99.3 Å². The smallest absolute Gasteiger partial charge is 0.133 e. The highest BCUT2D eigenvalue weighted by Crippen LogP contribution is 2.24. The summed E-state index contributed by atoms with van der Waals surface area (Å²) >= 11 is 1.63. The third kappa shape index (κ3) is 2.90. The highest BCUT2D eigenvalue weighted by atomic mass is 32.2. The lowest BCUT2D eigenvalue weighted by Gasteiger charge is -2.07. The maximum atomic E-state index is 9.81. The molecule has 0 fully saturated rings. The van der Waals surface area contributed by atoms with E-state index in [2.05, 4.69) is 31.2 Å². The lowest BCUT2D eigenvalue weighted by molar-refractivity contribution is 0.174. The van der Waals surface area contributed by atoms with E-state index in [1.807, 2.05) is 0 Å². The summed E-state index contributed by atoms with van der Waals surface area (Å²) in [5.41, 5.74) is 1.25. The van der Waals surface area contributed by atoms with Crippen LogP contribution in [0.1, 0.15) is 17.4 Å². The molecule has 84 valence electrons. The normalized spacial score (nSPS) is 12.6. The fraction of sp³-hybridized carbons (Fsp3) is 0.231. The van der Waals surface area contributed by atoms with Crippen molar-refractivity contribution in [1.82, 2.24) is 0 Å². The molecule has 2 nitrogen and oxygen atoms in total. The number of hydrogen-bond acceptors (Lipinski definition) is 3. The molecule has 0 spiro atoms. The first-order chi connectivity index (χ1) is 7.75. The van der Waals surface area contributed by atoms with Gasteiger partial charge in [0.25, 0.3) is 0 Å². The van der Waals surface area contributed by atoms with Crippen LogP contribution in [0.15, 0.2) is 52.0 Å². The van der Waals surface area contributed by atoms with Crippen molar-refractivity contribution in [3.63, 3.8) is 0 Å². The van der Waals surface area contributed by atoms with E-state index in [1.165, 1.54) is 5.56 Å². The lowest BCUT2D eigenvalue weighted by Crippen LogP contribution is -1.98. The van der Waals surface area contributed by atoms with Crippen molar-refractivity contribution in [2.24, 2.45) is 0 Å². The van der Waals surface area contributed by atoms with E-state index in [0.717, 1.165) is 4.90 Å². The number of hydrogen-bond donors (Lipinski definition) is 1. The van der Waals surface area contributed by atoms with Gasteiger partial charge in [0.1, 0.15) is 11.9 Å². The maximum Gasteiger partial charge on any atom is 0.133 e. The zero-order chi connectivity index (χ0) is 11.4. The fourth-order valence-electron chi connectivity index (χ4n) is 1.37. The molecule has 16 heavy (non-hydrogen) atoms. The minimum absolute atomic E-state index is 0.540. The molecule has 0 radical (unpaired) electrons. The van der Waals surface area contributed by atoms with Gasteiger partial charge in [0.2, 0.25) is 0 Å². The molecule has 0 aliphatic rings. The van der Waals surface area contributed by atoms with Gasteiger partial charge in [-0.05, 0) is 31.2 Å². The quantitative estimate of drug-likeness (QED) is 0.823. The SMILES string of the molecule is Cc1ccc(SCC(O)c2ccco2)cc1. The Morgan fingerprint density at radius 2 is 2.00 bits per heavy atom. The van der Waals surface area contributed by atoms with Gasteiger partial charge in [-0.15, -0.1) is 11.8 Å². The van der Waals surface area contributed by atoms with E-state index < -0.39 is 6.10 Å². The molecular formula is C13H14O2S. The minimum atomic E-state index is -0.540. The highest BCUT2D eigenvalue weighted by molar-refractivity contribution is 7.99. The monoisotopic (exact) mass is 234 g/mol. The van der Waals surface area contributed by atoms with E-state index in [4.69, 9.17) is 4.42 Å². The Hall–Kier alpha value is -1.19. The topological polar surface area (TPSA) is 33.4 Å². The molecule has 3 heteroatoms. The Morgan fingerprint density at radius 3 is 2.62 bits per heavy atom. The molecule has 1 unspecified atom stereocenters. The first-order valence-corrected chi connectivity index (χ1v) is 6.15. The van der Waals surface area contributed by atoms with Crippen molar-refractivity contribution in [2.75, 3.05) is 5.75 Å². The molecule has 0 aliphatic carbocycles. The van der Waals surface area contributed by atoms with Gasteiger partial charge in [-0.1, -0.05) is 17.7 Å². The summed E-state index contributed by atoms with van der Waals surface area (Å²) in [6.07, 6.45) is 1.04. The molecule has 0 saturated carbocycles. The number of thioether (sulfide) groups is 1. The van der Waals surface area contributed by atoms with Crippen molar-refractivity contribution in [2.45, 2.75) is 17.9 Å². The van der Waals surface area contributed by atoms with Crippen LogP contribution in [0.2, 0.25) is 0 Å². The number of furan rings is 1. The second-order valence-corrected chi connectivity index (χ2v) is 4.75. The van der Waals surface area contributed by atoms with E-state index >= 15 is 0 Å². The van der Waals surface area contributed by atoms with Crippen molar-refractivity contribution in [1.29, 1.82) is 0 Å². The molecule has 2 rings (SSSR count). The summed E-state index contributed by atoms with van der Waals surface area (Å²) in [7, 11) is 0. The summed E-state index contributed by atoms with van der Waals surface area (Å²) in [6, 6.07) is 11.8. The molecule has 0 saturated heterocycles. The van der Waals surface area contributed by atoms with Crippen LogP contribution in [0.4, 0.5) is 0 Å². The zero-order valence-electron chi connectivity index (χ0n) is 9.09. The van der Waals surface area contributed by atoms with E-state index in [9.17, 15) is 5.11 Å². The Balaban J connectivity index is 1.90. The summed E-state index contributed by atoms with van der Waals surface area (Å²) in [6.45, 7) is 2.06. The minimum Gasteiger partial charge on any atom is -0.467 e.